The van der Waals surface area contributed by atoms with E-state index >= 15 is 0 Å². The predicted molar refractivity (Wildman–Crippen MR) is 56.4 cm³/mol. The Bertz CT molecular complexity index is 208. The molecule has 2 aliphatic rings. The van der Waals surface area contributed by atoms with Gasteiger partial charge in [-0.1, -0.05) is 0 Å². The Hall–Kier alpha value is -0.160. The Morgan fingerprint density at radius 2 is 1.73 bits per heavy atom. The summed E-state index contributed by atoms with van der Waals surface area (Å²) >= 11 is 0. The van der Waals surface area contributed by atoms with Crippen molar-refractivity contribution < 1.29 is 15.3 Å². The molecule has 3 atom stereocenters. The van der Waals surface area contributed by atoms with Crippen molar-refractivity contribution in [1.29, 1.82) is 0 Å². The van der Waals surface area contributed by atoms with Crippen molar-refractivity contribution in [3.8, 4) is 0 Å². The summed E-state index contributed by atoms with van der Waals surface area (Å²) in [5.41, 5.74) is -0.312. The van der Waals surface area contributed by atoms with Crippen LogP contribution in [0.1, 0.15) is 25.7 Å². The van der Waals surface area contributed by atoms with Crippen molar-refractivity contribution in [2.24, 2.45) is 11.3 Å². The van der Waals surface area contributed by atoms with Gasteiger partial charge in [-0.25, -0.2) is 0 Å². The molecule has 0 heterocycles. The van der Waals surface area contributed by atoms with E-state index < -0.39 is 12.2 Å². The highest BCUT2D eigenvalue weighted by Gasteiger charge is 2.43. The molecular formula is C11H21NO3. The lowest BCUT2D eigenvalue weighted by Crippen LogP contribution is -2.37. The number of hydrogen-bond donors (Lipinski definition) is 4. The first-order chi connectivity index (χ1) is 7.15. The van der Waals surface area contributed by atoms with Gasteiger partial charge < -0.3 is 20.6 Å². The van der Waals surface area contributed by atoms with Crippen molar-refractivity contribution in [3.63, 3.8) is 0 Å². The quantitative estimate of drug-likeness (QED) is 0.498. The van der Waals surface area contributed by atoms with Gasteiger partial charge in [-0.2, -0.15) is 0 Å². The molecule has 0 amide bonds. The van der Waals surface area contributed by atoms with Crippen molar-refractivity contribution in [2.45, 2.75) is 37.9 Å². The van der Waals surface area contributed by atoms with Crippen LogP contribution in [-0.2, 0) is 0 Å². The van der Waals surface area contributed by atoms with Gasteiger partial charge in [0, 0.05) is 12.0 Å². The molecular weight excluding hydrogens is 194 g/mol. The third kappa shape index (κ3) is 2.69. The van der Waals surface area contributed by atoms with Crippen LogP contribution in [0.15, 0.2) is 0 Å². The molecule has 0 spiro atoms. The van der Waals surface area contributed by atoms with Crippen LogP contribution in [0.5, 0.6) is 0 Å². The number of hydrogen-bond acceptors (Lipinski definition) is 4. The van der Waals surface area contributed by atoms with Crippen LogP contribution in [0, 0.1) is 11.3 Å². The van der Waals surface area contributed by atoms with Gasteiger partial charge in [-0.3, -0.25) is 0 Å². The SMILES string of the molecule is OCC1(CNCC2CC2)C[C@@H](O)[C@@H](O)C1. The molecule has 4 N–H and O–H groups in total. The summed E-state index contributed by atoms with van der Waals surface area (Å²) < 4.78 is 0. The second-order valence-electron chi connectivity index (χ2n) is 5.28. The van der Waals surface area contributed by atoms with Gasteiger partial charge in [-0.05, 0) is 38.1 Å². The largest absolute Gasteiger partial charge is 0.396 e. The van der Waals surface area contributed by atoms with Gasteiger partial charge in [0.15, 0.2) is 0 Å². The molecule has 2 rings (SSSR count). The van der Waals surface area contributed by atoms with Crippen molar-refractivity contribution in [3.05, 3.63) is 0 Å². The van der Waals surface area contributed by atoms with Gasteiger partial charge >= 0.3 is 0 Å². The molecule has 2 aliphatic carbocycles. The molecule has 0 aromatic heterocycles. The van der Waals surface area contributed by atoms with Crippen LogP contribution in [-0.4, -0.2) is 47.2 Å². The lowest BCUT2D eigenvalue weighted by Gasteiger charge is -2.26. The summed E-state index contributed by atoms with van der Waals surface area (Å²) in [6.07, 6.45) is 2.29. The van der Waals surface area contributed by atoms with Crippen molar-refractivity contribution >= 4 is 0 Å². The Labute approximate surface area is 90.3 Å². The van der Waals surface area contributed by atoms with Crippen LogP contribution in [0.2, 0.25) is 0 Å². The van der Waals surface area contributed by atoms with Crippen molar-refractivity contribution in [1.82, 2.24) is 5.32 Å². The fourth-order valence-corrected chi connectivity index (χ4v) is 2.44. The second kappa shape index (κ2) is 4.37. The molecule has 15 heavy (non-hydrogen) atoms. The lowest BCUT2D eigenvalue weighted by atomic mass is 9.87. The lowest BCUT2D eigenvalue weighted by molar-refractivity contribution is 0.0438. The van der Waals surface area contributed by atoms with E-state index in [0.29, 0.717) is 19.4 Å². The highest BCUT2D eigenvalue weighted by molar-refractivity contribution is 4.95. The number of nitrogens with one attached hydrogen (secondary N) is 1. The van der Waals surface area contributed by atoms with Gasteiger partial charge in [0.25, 0.3) is 0 Å². The van der Waals surface area contributed by atoms with Crippen molar-refractivity contribution in [2.75, 3.05) is 19.7 Å². The smallest absolute Gasteiger partial charge is 0.0806 e. The first-order valence-electron chi connectivity index (χ1n) is 5.83. The maximum Gasteiger partial charge on any atom is 0.0806 e. The van der Waals surface area contributed by atoms with E-state index in [1.807, 2.05) is 0 Å². The summed E-state index contributed by atoms with van der Waals surface area (Å²) in [5, 5.41) is 31.7. The number of aliphatic hydroxyl groups is 3. The first-order valence-corrected chi connectivity index (χ1v) is 5.83. The molecule has 4 nitrogen and oxygen atoms in total. The van der Waals surface area contributed by atoms with Gasteiger partial charge in [0.2, 0.25) is 0 Å². The standard InChI is InChI=1S/C11H21NO3/c13-7-11(3-9(14)10(15)4-11)6-12-5-8-1-2-8/h8-10,12-15H,1-7H2/t9-,10+,11?. The maximum absolute atomic E-state index is 9.50. The molecule has 1 unspecified atom stereocenters. The first kappa shape index (κ1) is 11.3. The summed E-state index contributed by atoms with van der Waals surface area (Å²) in [6, 6.07) is 0. The number of rotatable bonds is 5. The topological polar surface area (TPSA) is 72.7 Å². The zero-order valence-electron chi connectivity index (χ0n) is 9.02. The van der Waals surface area contributed by atoms with Crippen LogP contribution >= 0.6 is 0 Å². The molecule has 88 valence electrons. The monoisotopic (exact) mass is 215 g/mol. The molecule has 0 bridgehead atoms. The summed E-state index contributed by atoms with van der Waals surface area (Å²) in [7, 11) is 0. The van der Waals surface area contributed by atoms with Crippen LogP contribution in [0.25, 0.3) is 0 Å². The normalized spacial score (nSPS) is 41.0. The third-order valence-electron chi connectivity index (χ3n) is 3.69. The summed E-state index contributed by atoms with van der Waals surface area (Å²) in [4.78, 5) is 0. The van der Waals surface area contributed by atoms with E-state index in [2.05, 4.69) is 5.32 Å². The fourth-order valence-electron chi connectivity index (χ4n) is 2.44. The minimum absolute atomic E-state index is 0.0405. The van der Waals surface area contributed by atoms with E-state index in [9.17, 15) is 15.3 Å². The third-order valence-corrected chi connectivity index (χ3v) is 3.69. The van der Waals surface area contributed by atoms with Crippen LogP contribution < -0.4 is 5.32 Å². The molecule has 0 radical (unpaired) electrons. The maximum atomic E-state index is 9.50. The Morgan fingerprint density at radius 3 is 2.20 bits per heavy atom. The van der Waals surface area contributed by atoms with E-state index in [0.717, 1.165) is 12.5 Å². The minimum Gasteiger partial charge on any atom is -0.396 e. The molecule has 0 saturated heterocycles. The average molecular weight is 215 g/mol. The second-order valence-corrected chi connectivity index (χ2v) is 5.28. The summed E-state index contributed by atoms with van der Waals surface area (Å²) in [6.45, 7) is 1.75. The zero-order valence-corrected chi connectivity index (χ0v) is 9.02. The summed E-state index contributed by atoms with van der Waals surface area (Å²) in [5.74, 6) is 0.817. The molecule has 2 fully saturated rings. The van der Waals surface area contributed by atoms with E-state index in [-0.39, 0.29) is 12.0 Å². The van der Waals surface area contributed by atoms with Crippen LogP contribution in [0.4, 0.5) is 0 Å². The Morgan fingerprint density at radius 1 is 1.13 bits per heavy atom. The fraction of sp³-hybridized carbons (Fsp3) is 1.00. The highest BCUT2D eigenvalue weighted by atomic mass is 16.3. The molecule has 0 aromatic carbocycles. The molecule has 2 saturated carbocycles. The molecule has 0 aliphatic heterocycles. The van der Waals surface area contributed by atoms with Gasteiger partial charge in [0.1, 0.15) is 0 Å². The zero-order chi connectivity index (χ0) is 10.9. The van der Waals surface area contributed by atoms with E-state index in [1.165, 1.54) is 12.8 Å². The van der Waals surface area contributed by atoms with E-state index in [1.54, 1.807) is 0 Å². The number of aliphatic hydroxyl groups excluding tert-OH is 3. The molecule has 0 aromatic rings. The Kier molecular flexibility index (Phi) is 3.30. The average Bonchev–Trinajstić information content (AvgIpc) is 2.96. The van der Waals surface area contributed by atoms with Crippen LogP contribution in [0.3, 0.4) is 0 Å². The van der Waals surface area contributed by atoms with Gasteiger partial charge in [0.05, 0.1) is 18.8 Å². The minimum atomic E-state index is -0.667. The highest BCUT2D eigenvalue weighted by Crippen LogP contribution is 2.38. The Balaban J connectivity index is 1.79. The molecule has 4 heteroatoms. The predicted octanol–water partition coefficient (Wildman–Crippen LogP) is -0.520. The van der Waals surface area contributed by atoms with Gasteiger partial charge in [-0.15, -0.1) is 0 Å². The van der Waals surface area contributed by atoms with E-state index in [4.69, 9.17) is 0 Å².